The monoisotopic (exact) mass is 423 g/mol. The smallest absolute Gasteiger partial charge is 0.347 e. The van der Waals surface area contributed by atoms with Crippen LogP contribution in [0.15, 0.2) is 42.5 Å². The van der Waals surface area contributed by atoms with Gasteiger partial charge in [-0.3, -0.25) is 4.79 Å². The first-order valence-corrected chi connectivity index (χ1v) is 8.91. The van der Waals surface area contributed by atoms with E-state index in [2.05, 4.69) is 20.8 Å². The van der Waals surface area contributed by atoms with Gasteiger partial charge >= 0.3 is 6.18 Å². The maximum atomic E-state index is 13.3. The fraction of sp³-hybridized carbons (Fsp3) is 0.263. The van der Waals surface area contributed by atoms with Gasteiger partial charge in [0.1, 0.15) is 0 Å². The number of tetrazole rings is 1. The SMILES string of the molecule is CC(C)(C)NC(=O)c1cc(-c2ccc(Cl)cc2)cc(-n2nnnc2C(F)(F)F)c1. The van der Waals surface area contributed by atoms with E-state index in [4.69, 9.17) is 11.6 Å². The molecule has 0 aliphatic rings. The minimum absolute atomic E-state index is 0.00818. The number of amides is 1. The van der Waals surface area contributed by atoms with Crippen LogP contribution in [0.4, 0.5) is 13.2 Å². The molecule has 6 nitrogen and oxygen atoms in total. The van der Waals surface area contributed by atoms with Crippen molar-refractivity contribution in [1.82, 2.24) is 25.5 Å². The molecule has 0 unspecified atom stereocenters. The van der Waals surface area contributed by atoms with Gasteiger partial charge < -0.3 is 5.32 Å². The second kappa shape index (κ2) is 7.47. The highest BCUT2D eigenvalue weighted by atomic mass is 35.5. The molecule has 0 fully saturated rings. The van der Waals surface area contributed by atoms with Crippen molar-refractivity contribution < 1.29 is 18.0 Å². The van der Waals surface area contributed by atoms with Crippen LogP contribution < -0.4 is 5.32 Å². The predicted octanol–water partition coefficient (Wildman–Crippen LogP) is 4.53. The van der Waals surface area contributed by atoms with Gasteiger partial charge in [-0.2, -0.15) is 17.9 Å². The van der Waals surface area contributed by atoms with Crippen LogP contribution in [0.3, 0.4) is 0 Å². The Morgan fingerprint density at radius 2 is 1.69 bits per heavy atom. The Kier molecular flexibility index (Phi) is 5.36. The zero-order valence-electron chi connectivity index (χ0n) is 15.8. The summed E-state index contributed by atoms with van der Waals surface area (Å²) < 4.78 is 40.3. The summed E-state index contributed by atoms with van der Waals surface area (Å²) in [6, 6.07) is 11.1. The van der Waals surface area contributed by atoms with Gasteiger partial charge in [-0.05, 0) is 72.7 Å². The highest BCUT2D eigenvalue weighted by Crippen LogP contribution is 2.31. The van der Waals surface area contributed by atoms with Crippen LogP contribution in [0.5, 0.6) is 0 Å². The average molecular weight is 424 g/mol. The van der Waals surface area contributed by atoms with Gasteiger partial charge in [-0.15, -0.1) is 5.10 Å². The molecule has 0 atom stereocenters. The summed E-state index contributed by atoms with van der Waals surface area (Å²) in [6.45, 7) is 5.41. The number of halogens is 4. The molecule has 0 bridgehead atoms. The number of alkyl halides is 3. The molecule has 152 valence electrons. The molecule has 1 heterocycles. The highest BCUT2D eigenvalue weighted by Gasteiger charge is 2.38. The summed E-state index contributed by atoms with van der Waals surface area (Å²) in [6.07, 6.45) is -4.76. The van der Waals surface area contributed by atoms with Crippen molar-refractivity contribution in [3.63, 3.8) is 0 Å². The Morgan fingerprint density at radius 1 is 1.03 bits per heavy atom. The van der Waals surface area contributed by atoms with Crippen LogP contribution in [0.2, 0.25) is 5.02 Å². The van der Waals surface area contributed by atoms with Crippen molar-refractivity contribution in [2.24, 2.45) is 0 Å². The Bertz CT molecular complexity index is 1040. The Morgan fingerprint density at radius 3 is 2.28 bits per heavy atom. The normalized spacial score (nSPS) is 12.1. The van der Waals surface area contributed by atoms with Crippen molar-refractivity contribution in [1.29, 1.82) is 0 Å². The van der Waals surface area contributed by atoms with Crippen LogP contribution in [-0.2, 0) is 6.18 Å². The van der Waals surface area contributed by atoms with Crippen LogP contribution in [0.1, 0.15) is 37.0 Å². The number of carbonyl (C=O) groups excluding carboxylic acids is 1. The van der Waals surface area contributed by atoms with E-state index in [1.165, 1.54) is 12.1 Å². The number of aromatic nitrogens is 4. The summed E-state index contributed by atoms with van der Waals surface area (Å²) in [5.41, 5.74) is 0.837. The minimum Gasteiger partial charge on any atom is -0.347 e. The standard InChI is InChI=1S/C19H17ClF3N5O/c1-18(2,3)24-16(29)13-8-12(11-4-6-14(20)7-5-11)9-15(10-13)28-17(19(21,22)23)25-26-27-28/h4-10H,1-3H3,(H,24,29). The van der Waals surface area contributed by atoms with Gasteiger partial charge in [0, 0.05) is 16.1 Å². The maximum absolute atomic E-state index is 13.3. The largest absolute Gasteiger partial charge is 0.453 e. The average Bonchev–Trinajstić information content (AvgIpc) is 3.11. The highest BCUT2D eigenvalue weighted by molar-refractivity contribution is 6.30. The van der Waals surface area contributed by atoms with Gasteiger partial charge in [0.2, 0.25) is 0 Å². The first kappa shape index (κ1) is 20.8. The Hall–Kier alpha value is -2.94. The van der Waals surface area contributed by atoms with Crippen molar-refractivity contribution in [2.75, 3.05) is 0 Å². The fourth-order valence-corrected chi connectivity index (χ4v) is 2.75. The van der Waals surface area contributed by atoms with E-state index >= 15 is 0 Å². The summed E-state index contributed by atoms with van der Waals surface area (Å²) in [4.78, 5) is 12.7. The first-order chi connectivity index (χ1) is 13.4. The van der Waals surface area contributed by atoms with E-state index in [0.29, 0.717) is 20.8 Å². The number of hydrogen-bond acceptors (Lipinski definition) is 4. The van der Waals surface area contributed by atoms with E-state index in [1.54, 1.807) is 51.1 Å². The van der Waals surface area contributed by atoms with Crippen molar-refractivity contribution in [3.8, 4) is 16.8 Å². The van der Waals surface area contributed by atoms with Gasteiger partial charge in [0.05, 0.1) is 5.69 Å². The molecule has 0 aliphatic heterocycles. The quantitative estimate of drug-likeness (QED) is 0.671. The zero-order valence-corrected chi connectivity index (χ0v) is 16.5. The topological polar surface area (TPSA) is 72.7 Å². The summed E-state index contributed by atoms with van der Waals surface area (Å²) >= 11 is 5.92. The van der Waals surface area contributed by atoms with E-state index < -0.39 is 23.4 Å². The number of rotatable bonds is 3. The number of carbonyl (C=O) groups is 1. The number of hydrogen-bond donors (Lipinski definition) is 1. The molecule has 0 aliphatic carbocycles. The van der Waals surface area contributed by atoms with Gasteiger partial charge in [0.15, 0.2) is 0 Å². The molecule has 3 aromatic rings. The second-order valence-corrected chi connectivity index (χ2v) is 7.83. The van der Waals surface area contributed by atoms with Crippen molar-refractivity contribution >= 4 is 17.5 Å². The van der Waals surface area contributed by atoms with Crippen LogP contribution in [0.25, 0.3) is 16.8 Å². The van der Waals surface area contributed by atoms with E-state index in [0.717, 1.165) is 0 Å². The maximum Gasteiger partial charge on any atom is 0.453 e. The lowest BCUT2D eigenvalue weighted by Gasteiger charge is -2.21. The van der Waals surface area contributed by atoms with E-state index in [-0.39, 0.29) is 11.3 Å². The van der Waals surface area contributed by atoms with Crippen molar-refractivity contribution in [3.05, 3.63) is 58.9 Å². The van der Waals surface area contributed by atoms with Crippen LogP contribution in [0, 0.1) is 0 Å². The molecular formula is C19H17ClF3N5O. The van der Waals surface area contributed by atoms with Gasteiger partial charge in [-0.25, -0.2) is 0 Å². The van der Waals surface area contributed by atoms with E-state index in [9.17, 15) is 18.0 Å². The third-order valence-corrected chi connectivity index (χ3v) is 4.07. The molecular weight excluding hydrogens is 407 g/mol. The number of benzene rings is 2. The van der Waals surface area contributed by atoms with Crippen LogP contribution >= 0.6 is 11.6 Å². The summed E-state index contributed by atoms with van der Waals surface area (Å²) in [7, 11) is 0. The molecule has 10 heteroatoms. The molecule has 1 amide bonds. The van der Waals surface area contributed by atoms with Crippen molar-refractivity contribution in [2.45, 2.75) is 32.5 Å². The molecule has 0 radical (unpaired) electrons. The first-order valence-electron chi connectivity index (χ1n) is 8.53. The zero-order chi connectivity index (χ0) is 21.4. The summed E-state index contributed by atoms with van der Waals surface area (Å²) in [5.74, 6) is -1.72. The molecule has 2 aromatic carbocycles. The molecule has 0 saturated heterocycles. The fourth-order valence-electron chi connectivity index (χ4n) is 2.62. The number of nitrogens with zero attached hydrogens (tertiary/aromatic N) is 4. The molecule has 0 saturated carbocycles. The Labute approximate surface area is 169 Å². The lowest BCUT2D eigenvalue weighted by molar-refractivity contribution is -0.146. The third kappa shape index (κ3) is 4.92. The summed E-state index contributed by atoms with van der Waals surface area (Å²) in [5, 5.41) is 13.0. The molecule has 0 spiro atoms. The molecule has 1 aromatic heterocycles. The molecule has 3 rings (SSSR count). The van der Waals surface area contributed by atoms with Gasteiger partial charge in [0.25, 0.3) is 11.7 Å². The molecule has 29 heavy (non-hydrogen) atoms. The van der Waals surface area contributed by atoms with E-state index in [1.807, 2.05) is 0 Å². The lowest BCUT2D eigenvalue weighted by Crippen LogP contribution is -2.40. The second-order valence-electron chi connectivity index (χ2n) is 7.39. The number of nitrogens with one attached hydrogen (secondary N) is 1. The molecule has 1 N–H and O–H groups in total. The third-order valence-electron chi connectivity index (χ3n) is 3.81. The van der Waals surface area contributed by atoms with Crippen LogP contribution in [-0.4, -0.2) is 31.7 Å². The lowest BCUT2D eigenvalue weighted by atomic mass is 10.0. The Balaban J connectivity index is 2.17. The minimum atomic E-state index is -4.76. The predicted molar refractivity (Wildman–Crippen MR) is 102 cm³/mol. The van der Waals surface area contributed by atoms with Gasteiger partial charge in [-0.1, -0.05) is 23.7 Å².